The van der Waals surface area contributed by atoms with Gasteiger partial charge in [0.25, 0.3) is 5.91 Å². The standard InChI is InChI=1S/C13H20ClN3O/c1-9-11(8-17(2)16-9)13(18)15-7-10-5-3-4-6-12(10)14/h8,10,12H,3-7H2,1-2H3,(H,15,18). The number of nitrogens with one attached hydrogen (secondary N) is 1. The third kappa shape index (κ3) is 3.05. The summed E-state index contributed by atoms with van der Waals surface area (Å²) in [4.78, 5) is 12.0. The molecule has 0 saturated heterocycles. The maximum Gasteiger partial charge on any atom is 0.254 e. The van der Waals surface area contributed by atoms with Gasteiger partial charge in [-0.25, -0.2) is 0 Å². The van der Waals surface area contributed by atoms with Crippen LogP contribution >= 0.6 is 11.6 Å². The van der Waals surface area contributed by atoms with E-state index in [1.165, 1.54) is 12.8 Å². The fourth-order valence-corrected chi connectivity index (χ4v) is 2.90. The molecule has 0 spiro atoms. The number of alkyl halides is 1. The highest BCUT2D eigenvalue weighted by Crippen LogP contribution is 2.28. The molecule has 1 fully saturated rings. The van der Waals surface area contributed by atoms with E-state index in [2.05, 4.69) is 10.4 Å². The van der Waals surface area contributed by atoms with Gasteiger partial charge in [-0.15, -0.1) is 11.6 Å². The number of aryl methyl sites for hydroxylation is 2. The van der Waals surface area contributed by atoms with Crippen molar-refractivity contribution < 1.29 is 4.79 Å². The molecule has 1 aromatic heterocycles. The summed E-state index contributed by atoms with van der Waals surface area (Å²) in [5.74, 6) is 0.358. The van der Waals surface area contributed by atoms with Gasteiger partial charge in [-0.1, -0.05) is 12.8 Å². The Hall–Kier alpha value is -1.03. The maximum absolute atomic E-state index is 12.0. The summed E-state index contributed by atoms with van der Waals surface area (Å²) in [6.45, 7) is 2.52. The highest BCUT2D eigenvalue weighted by atomic mass is 35.5. The molecule has 1 aromatic rings. The molecule has 0 radical (unpaired) electrons. The van der Waals surface area contributed by atoms with E-state index < -0.39 is 0 Å². The van der Waals surface area contributed by atoms with Crippen LogP contribution in [0.15, 0.2) is 6.20 Å². The summed E-state index contributed by atoms with van der Waals surface area (Å²) in [7, 11) is 1.82. The van der Waals surface area contributed by atoms with Gasteiger partial charge in [0.15, 0.2) is 0 Å². The van der Waals surface area contributed by atoms with E-state index in [-0.39, 0.29) is 11.3 Å². The molecule has 1 aliphatic carbocycles. The van der Waals surface area contributed by atoms with Crippen molar-refractivity contribution in [3.8, 4) is 0 Å². The molecular formula is C13H20ClN3O. The van der Waals surface area contributed by atoms with Gasteiger partial charge < -0.3 is 5.32 Å². The zero-order valence-electron chi connectivity index (χ0n) is 10.9. The first kappa shape index (κ1) is 13.4. The highest BCUT2D eigenvalue weighted by molar-refractivity contribution is 6.20. The minimum absolute atomic E-state index is 0.0463. The molecule has 1 amide bonds. The van der Waals surface area contributed by atoms with Crippen LogP contribution in [0, 0.1) is 12.8 Å². The lowest BCUT2D eigenvalue weighted by atomic mass is 9.88. The first-order chi connectivity index (χ1) is 8.58. The Morgan fingerprint density at radius 2 is 2.28 bits per heavy atom. The molecule has 1 heterocycles. The monoisotopic (exact) mass is 269 g/mol. The number of hydrogen-bond donors (Lipinski definition) is 1. The third-order valence-electron chi connectivity index (χ3n) is 3.60. The lowest BCUT2D eigenvalue weighted by Gasteiger charge is -2.27. The van der Waals surface area contributed by atoms with E-state index >= 15 is 0 Å². The van der Waals surface area contributed by atoms with Crippen molar-refractivity contribution >= 4 is 17.5 Å². The summed E-state index contributed by atoms with van der Waals surface area (Å²) in [6.07, 6.45) is 6.36. The van der Waals surface area contributed by atoms with Crippen LogP contribution in [-0.2, 0) is 7.05 Å². The molecule has 2 unspecified atom stereocenters. The van der Waals surface area contributed by atoms with Gasteiger partial charge >= 0.3 is 0 Å². The van der Waals surface area contributed by atoms with Crippen LogP contribution in [0.3, 0.4) is 0 Å². The van der Waals surface area contributed by atoms with Crippen molar-refractivity contribution in [3.63, 3.8) is 0 Å². The summed E-state index contributed by atoms with van der Waals surface area (Å²) >= 11 is 6.28. The number of aromatic nitrogens is 2. The number of nitrogens with zero attached hydrogens (tertiary/aromatic N) is 2. The SMILES string of the molecule is Cc1nn(C)cc1C(=O)NCC1CCCCC1Cl. The Morgan fingerprint density at radius 3 is 2.89 bits per heavy atom. The first-order valence-corrected chi connectivity index (χ1v) is 6.94. The summed E-state index contributed by atoms with van der Waals surface area (Å²) in [5.41, 5.74) is 1.42. The number of amides is 1. The van der Waals surface area contributed by atoms with Gasteiger partial charge in [0.1, 0.15) is 0 Å². The van der Waals surface area contributed by atoms with Gasteiger partial charge in [0.05, 0.1) is 11.3 Å². The Morgan fingerprint density at radius 1 is 1.56 bits per heavy atom. The summed E-state index contributed by atoms with van der Waals surface area (Å²) < 4.78 is 1.66. The Labute approximate surface area is 113 Å². The topological polar surface area (TPSA) is 46.9 Å². The molecule has 0 aliphatic heterocycles. The quantitative estimate of drug-likeness (QED) is 0.856. The second-order valence-corrected chi connectivity index (χ2v) is 5.63. The molecule has 1 N–H and O–H groups in total. The lowest BCUT2D eigenvalue weighted by Crippen LogP contribution is -2.34. The molecule has 100 valence electrons. The normalized spacial score (nSPS) is 23.9. The zero-order chi connectivity index (χ0) is 13.1. The summed E-state index contributed by atoms with van der Waals surface area (Å²) in [5, 5.41) is 7.35. The van der Waals surface area contributed by atoms with E-state index in [0.29, 0.717) is 18.0 Å². The minimum Gasteiger partial charge on any atom is -0.352 e. The molecule has 5 heteroatoms. The van der Waals surface area contributed by atoms with Crippen molar-refractivity contribution in [2.75, 3.05) is 6.54 Å². The van der Waals surface area contributed by atoms with E-state index in [4.69, 9.17) is 11.6 Å². The second kappa shape index (κ2) is 5.74. The van der Waals surface area contributed by atoms with Gasteiger partial charge in [-0.05, 0) is 25.7 Å². The molecule has 0 aromatic carbocycles. The van der Waals surface area contributed by atoms with Crippen LogP contribution in [-0.4, -0.2) is 27.6 Å². The summed E-state index contributed by atoms with van der Waals surface area (Å²) in [6, 6.07) is 0. The average Bonchev–Trinajstić information content (AvgIpc) is 2.67. The Balaban J connectivity index is 1.90. The fraction of sp³-hybridized carbons (Fsp3) is 0.692. The van der Waals surface area contributed by atoms with Crippen molar-refractivity contribution in [2.24, 2.45) is 13.0 Å². The van der Waals surface area contributed by atoms with Gasteiger partial charge in [-0.3, -0.25) is 9.48 Å². The number of carbonyl (C=O) groups is 1. The molecular weight excluding hydrogens is 250 g/mol. The van der Waals surface area contributed by atoms with Crippen LogP contribution in [0.4, 0.5) is 0 Å². The van der Waals surface area contributed by atoms with Crippen molar-refractivity contribution in [3.05, 3.63) is 17.5 Å². The Bertz CT molecular complexity index is 430. The molecule has 1 saturated carbocycles. The van der Waals surface area contributed by atoms with E-state index in [9.17, 15) is 4.79 Å². The molecule has 4 nitrogen and oxygen atoms in total. The van der Waals surface area contributed by atoms with Crippen molar-refractivity contribution in [1.29, 1.82) is 0 Å². The highest BCUT2D eigenvalue weighted by Gasteiger charge is 2.24. The maximum atomic E-state index is 12.0. The predicted octanol–water partition coefficient (Wildman–Crippen LogP) is 2.26. The van der Waals surface area contributed by atoms with Gasteiger partial charge in [0, 0.05) is 25.2 Å². The van der Waals surface area contributed by atoms with Crippen LogP contribution in [0.5, 0.6) is 0 Å². The number of halogens is 1. The van der Waals surface area contributed by atoms with E-state index in [0.717, 1.165) is 18.5 Å². The zero-order valence-corrected chi connectivity index (χ0v) is 11.7. The average molecular weight is 270 g/mol. The van der Waals surface area contributed by atoms with Crippen LogP contribution in [0.1, 0.15) is 41.7 Å². The second-order valence-electron chi connectivity index (χ2n) is 5.07. The van der Waals surface area contributed by atoms with Crippen molar-refractivity contribution in [1.82, 2.24) is 15.1 Å². The molecule has 18 heavy (non-hydrogen) atoms. The van der Waals surface area contributed by atoms with E-state index in [1.54, 1.807) is 10.9 Å². The van der Waals surface area contributed by atoms with Crippen LogP contribution < -0.4 is 5.32 Å². The smallest absolute Gasteiger partial charge is 0.254 e. The molecule has 2 rings (SSSR count). The predicted molar refractivity (Wildman–Crippen MR) is 71.9 cm³/mol. The third-order valence-corrected chi connectivity index (χ3v) is 4.17. The largest absolute Gasteiger partial charge is 0.352 e. The number of hydrogen-bond acceptors (Lipinski definition) is 2. The van der Waals surface area contributed by atoms with Crippen LogP contribution in [0.25, 0.3) is 0 Å². The Kier molecular flexibility index (Phi) is 4.27. The number of carbonyl (C=O) groups excluding carboxylic acids is 1. The van der Waals surface area contributed by atoms with Gasteiger partial charge in [0.2, 0.25) is 0 Å². The molecule has 2 atom stereocenters. The van der Waals surface area contributed by atoms with Crippen molar-refractivity contribution in [2.45, 2.75) is 38.0 Å². The molecule has 1 aliphatic rings. The first-order valence-electron chi connectivity index (χ1n) is 6.50. The van der Waals surface area contributed by atoms with Crippen LogP contribution in [0.2, 0.25) is 0 Å². The number of rotatable bonds is 3. The van der Waals surface area contributed by atoms with Gasteiger partial charge in [-0.2, -0.15) is 5.10 Å². The lowest BCUT2D eigenvalue weighted by molar-refractivity contribution is 0.0943. The fourth-order valence-electron chi connectivity index (χ4n) is 2.53. The molecule has 0 bridgehead atoms. The van der Waals surface area contributed by atoms with E-state index in [1.807, 2.05) is 14.0 Å². The minimum atomic E-state index is -0.0463.